The lowest BCUT2D eigenvalue weighted by Gasteiger charge is -2.17. The molecule has 1 aromatic heterocycles. The second-order valence-electron chi connectivity index (χ2n) is 7.61. The number of benzene rings is 3. The third kappa shape index (κ3) is 4.43. The van der Waals surface area contributed by atoms with Gasteiger partial charge in [0.1, 0.15) is 5.82 Å². The highest BCUT2D eigenvalue weighted by Gasteiger charge is 2.22. The number of aromatic nitrogens is 1. The number of amides is 1. The fraction of sp³-hybridized carbons (Fsp3) is 0.192. The van der Waals surface area contributed by atoms with Crippen molar-refractivity contribution in [2.24, 2.45) is 7.05 Å². The highest BCUT2D eigenvalue weighted by molar-refractivity contribution is 5.86. The molecule has 3 aromatic carbocycles. The van der Waals surface area contributed by atoms with Crippen molar-refractivity contribution >= 4 is 16.8 Å². The minimum atomic E-state index is -0.275. The van der Waals surface area contributed by atoms with Gasteiger partial charge in [-0.25, -0.2) is 4.39 Å². The van der Waals surface area contributed by atoms with Crippen LogP contribution in [0.4, 0.5) is 4.39 Å². The Morgan fingerprint density at radius 1 is 0.967 bits per heavy atom. The first-order valence-electron chi connectivity index (χ1n) is 10.2. The second-order valence-corrected chi connectivity index (χ2v) is 7.61. The summed E-state index contributed by atoms with van der Waals surface area (Å²) in [6.07, 6.45) is 3.19. The first-order valence-corrected chi connectivity index (χ1v) is 10.2. The number of para-hydroxylation sites is 1. The molecule has 0 fully saturated rings. The normalized spacial score (nSPS) is 12.1. The molecule has 1 atom stereocenters. The van der Waals surface area contributed by atoms with E-state index in [0.29, 0.717) is 13.0 Å². The number of halogens is 1. The molecule has 0 radical (unpaired) electrons. The molecule has 1 unspecified atom stereocenters. The minimum Gasteiger partial charge on any atom is -0.356 e. The van der Waals surface area contributed by atoms with Gasteiger partial charge in [-0.1, -0.05) is 60.7 Å². The zero-order valence-electron chi connectivity index (χ0n) is 17.0. The summed E-state index contributed by atoms with van der Waals surface area (Å²) in [4.78, 5) is 12.8. The van der Waals surface area contributed by atoms with Gasteiger partial charge in [-0.3, -0.25) is 4.79 Å². The molecule has 0 aliphatic heterocycles. The van der Waals surface area contributed by atoms with E-state index in [9.17, 15) is 9.18 Å². The number of carbonyl (C=O) groups excluding carboxylic acids is 1. The van der Waals surface area contributed by atoms with E-state index in [1.54, 1.807) is 12.1 Å². The van der Waals surface area contributed by atoms with Crippen LogP contribution in [0.25, 0.3) is 10.9 Å². The van der Waals surface area contributed by atoms with Gasteiger partial charge in [-0.15, -0.1) is 0 Å². The fourth-order valence-electron chi connectivity index (χ4n) is 4.00. The van der Waals surface area contributed by atoms with Crippen LogP contribution >= 0.6 is 0 Å². The Morgan fingerprint density at radius 2 is 1.67 bits per heavy atom. The number of nitrogens with zero attached hydrogens (tertiary/aromatic N) is 1. The lowest BCUT2D eigenvalue weighted by Crippen LogP contribution is -2.27. The zero-order chi connectivity index (χ0) is 20.9. The van der Waals surface area contributed by atoms with E-state index in [0.717, 1.165) is 28.5 Å². The lowest BCUT2D eigenvalue weighted by molar-refractivity contribution is -0.121. The Balaban J connectivity index is 1.56. The van der Waals surface area contributed by atoms with Gasteiger partial charge in [0.2, 0.25) is 5.91 Å². The van der Waals surface area contributed by atoms with Crippen molar-refractivity contribution in [2.75, 3.05) is 6.54 Å². The fourth-order valence-corrected chi connectivity index (χ4v) is 4.00. The van der Waals surface area contributed by atoms with Crippen LogP contribution in [0.1, 0.15) is 29.0 Å². The molecule has 4 heteroatoms. The molecule has 30 heavy (non-hydrogen) atoms. The smallest absolute Gasteiger partial charge is 0.220 e. The van der Waals surface area contributed by atoms with E-state index in [1.165, 1.54) is 17.7 Å². The van der Waals surface area contributed by atoms with E-state index >= 15 is 0 Å². The van der Waals surface area contributed by atoms with Crippen molar-refractivity contribution < 1.29 is 9.18 Å². The first-order chi connectivity index (χ1) is 14.6. The van der Waals surface area contributed by atoms with Crippen LogP contribution in [0.5, 0.6) is 0 Å². The summed E-state index contributed by atoms with van der Waals surface area (Å²) >= 11 is 0. The van der Waals surface area contributed by atoms with Crippen molar-refractivity contribution in [1.29, 1.82) is 0 Å². The van der Waals surface area contributed by atoms with Crippen molar-refractivity contribution in [1.82, 2.24) is 9.88 Å². The van der Waals surface area contributed by atoms with Gasteiger partial charge >= 0.3 is 0 Å². The van der Waals surface area contributed by atoms with E-state index < -0.39 is 0 Å². The Hall–Kier alpha value is -3.40. The van der Waals surface area contributed by atoms with Gasteiger partial charge in [0.25, 0.3) is 0 Å². The summed E-state index contributed by atoms with van der Waals surface area (Å²) in [5.41, 5.74) is 4.33. The Kier molecular flexibility index (Phi) is 5.94. The zero-order valence-corrected chi connectivity index (χ0v) is 17.0. The van der Waals surface area contributed by atoms with Crippen LogP contribution in [0.15, 0.2) is 85.1 Å². The first kappa shape index (κ1) is 19.9. The molecule has 1 amide bonds. The molecule has 0 saturated carbocycles. The number of hydrogen-bond acceptors (Lipinski definition) is 1. The SMILES string of the molecule is Cn1cc(C(CC(=O)NCCc2ccccc2)c2ccc(F)cc2)c2ccccc21. The molecule has 1 N–H and O–H groups in total. The largest absolute Gasteiger partial charge is 0.356 e. The average Bonchev–Trinajstić information content (AvgIpc) is 3.10. The maximum Gasteiger partial charge on any atom is 0.220 e. The van der Waals surface area contributed by atoms with Gasteiger partial charge in [-0.2, -0.15) is 0 Å². The van der Waals surface area contributed by atoms with Gasteiger partial charge in [0.15, 0.2) is 0 Å². The van der Waals surface area contributed by atoms with Gasteiger partial charge < -0.3 is 9.88 Å². The number of aryl methyl sites for hydroxylation is 1. The Morgan fingerprint density at radius 3 is 2.43 bits per heavy atom. The van der Waals surface area contributed by atoms with E-state index in [-0.39, 0.29) is 17.6 Å². The minimum absolute atomic E-state index is 0.00631. The highest BCUT2D eigenvalue weighted by Crippen LogP contribution is 2.34. The van der Waals surface area contributed by atoms with Crippen LogP contribution < -0.4 is 5.32 Å². The summed E-state index contributed by atoms with van der Waals surface area (Å²) < 4.78 is 15.6. The van der Waals surface area contributed by atoms with Crippen LogP contribution in [0.2, 0.25) is 0 Å². The van der Waals surface area contributed by atoms with Gasteiger partial charge in [-0.05, 0) is 41.3 Å². The second kappa shape index (κ2) is 8.95. The molecular formula is C26H25FN2O. The summed E-state index contributed by atoms with van der Waals surface area (Å²) in [7, 11) is 2.01. The predicted octanol–water partition coefficient (Wildman–Crippen LogP) is 5.20. The molecular weight excluding hydrogens is 375 g/mol. The number of fused-ring (bicyclic) bond motifs is 1. The molecule has 0 bridgehead atoms. The molecule has 1 heterocycles. The number of hydrogen-bond donors (Lipinski definition) is 1. The van der Waals surface area contributed by atoms with Crippen LogP contribution in [0, 0.1) is 5.82 Å². The molecule has 0 aliphatic rings. The predicted molar refractivity (Wildman–Crippen MR) is 119 cm³/mol. The van der Waals surface area contributed by atoms with Gasteiger partial charge in [0.05, 0.1) is 0 Å². The monoisotopic (exact) mass is 400 g/mol. The number of rotatable bonds is 7. The topological polar surface area (TPSA) is 34.0 Å². The third-order valence-electron chi connectivity index (χ3n) is 5.54. The third-order valence-corrected chi connectivity index (χ3v) is 5.54. The van der Waals surface area contributed by atoms with Crippen LogP contribution in [-0.2, 0) is 18.3 Å². The molecule has 4 aromatic rings. The summed E-state index contributed by atoms with van der Waals surface area (Å²) in [5, 5.41) is 4.16. The van der Waals surface area contributed by atoms with Gasteiger partial charge in [0, 0.05) is 43.0 Å². The Labute approximate surface area is 176 Å². The molecule has 152 valence electrons. The highest BCUT2D eigenvalue weighted by atomic mass is 19.1. The quantitative estimate of drug-likeness (QED) is 0.455. The summed E-state index contributed by atoms with van der Waals surface area (Å²) in [6.45, 7) is 0.592. The summed E-state index contributed by atoms with van der Waals surface area (Å²) in [6, 6.07) is 24.7. The molecule has 0 saturated heterocycles. The van der Waals surface area contributed by atoms with Crippen molar-refractivity contribution in [2.45, 2.75) is 18.8 Å². The molecule has 4 rings (SSSR count). The molecule has 0 spiro atoms. The van der Waals surface area contributed by atoms with E-state index in [4.69, 9.17) is 0 Å². The average molecular weight is 400 g/mol. The number of carbonyl (C=O) groups is 1. The lowest BCUT2D eigenvalue weighted by atomic mass is 9.88. The van der Waals surface area contributed by atoms with E-state index in [1.807, 2.05) is 37.4 Å². The maximum absolute atomic E-state index is 13.5. The Bertz CT molecular complexity index is 1130. The number of nitrogens with one attached hydrogen (secondary N) is 1. The maximum atomic E-state index is 13.5. The molecule has 0 aliphatic carbocycles. The summed E-state index contributed by atoms with van der Waals surface area (Å²) in [5.74, 6) is -0.427. The van der Waals surface area contributed by atoms with Crippen LogP contribution in [0.3, 0.4) is 0 Å². The molecule has 3 nitrogen and oxygen atoms in total. The van der Waals surface area contributed by atoms with Crippen LogP contribution in [-0.4, -0.2) is 17.0 Å². The van der Waals surface area contributed by atoms with E-state index in [2.05, 4.69) is 40.3 Å². The van der Waals surface area contributed by atoms with Crippen molar-refractivity contribution in [3.63, 3.8) is 0 Å². The van der Waals surface area contributed by atoms with Crippen molar-refractivity contribution in [3.05, 3.63) is 108 Å². The standard InChI is InChI=1S/C26H25FN2O/c1-29-18-24(22-9-5-6-10-25(22)29)23(20-11-13-21(27)14-12-20)17-26(30)28-16-15-19-7-3-2-4-8-19/h2-14,18,23H,15-17H2,1H3,(H,28,30). The van der Waals surface area contributed by atoms with Crippen molar-refractivity contribution in [3.8, 4) is 0 Å².